The molecule has 0 fully saturated rings. The fourth-order valence-electron chi connectivity index (χ4n) is 3.27. The molecule has 3 rings (SSSR count). The van der Waals surface area contributed by atoms with Gasteiger partial charge in [0.15, 0.2) is 0 Å². The van der Waals surface area contributed by atoms with Gasteiger partial charge in [-0.3, -0.25) is 19.1 Å². The highest BCUT2D eigenvalue weighted by Crippen LogP contribution is 2.18. The third-order valence-electron chi connectivity index (χ3n) is 5.39. The summed E-state index contributed by atoms with van der Waals surface area (Å²) in [6.45, 7) is 3.96. The number of hydrogen-bond donors (Lipinski definition) is 1. The smallest absolute Gasteiger partial charge is 0.295 e. The van der Waals surface area contributed by atoms with Crippen LogP contribution in [0.25, 0.3) is 5.69 Å². The molecule has 3 aromatic rings. The van der Waals surface area contributed by atoms with Crippen LogP contribution < -0.4 is 10.9 Å². The Morgan fingerprint density at radius 3 is 2.39 bits per heavy atom. The van der Waals surface area contributed by atoms with Gasteiger partial charge in [0.2, 0.25) is 11.8 Å². The summed E-state index contributed by atoms with van der Waals surface area (Å²) in [5.41, 5.74) is 2.27. The van der Waals surface area contributed by atoms with Crippen molar-refractivity contribution in [2.24, 2.45) is 7.05 Å². The number of aromatic nitrogens is 2. The van der Waals surface area contributed by atoms with Gasteiger partial charge in [-0.2, -0.15) is 0 Å². The fraction of sp³-hybridized carbons (Fsp3) is 0.292. The number of hydrogen-bond acceptors (Lipinski definition) is 4. The fourth-order valence-corrected chi connectivity index (χ4v) is 4.22. The zero-order chi connectivity index (χ0) is 24.1. The van der Waals surface area contributed by atoms with E-state index in [1.165, 1.54) is 16.4 Å². The molecule has 0 aliphatic heterocycles. The maximum absolute atomic E-state index is 13.0. The van der Waals surface area contributed by atoms with Crippen LogP contribution in [0.4, 0.5) is 5.69 Å². The van der Waals surface area contributed by atoms with E-state index in [1.54, 1.807) is 49.7 Å². The van der Waals surface area contributed by atoms with Crippen molar-refractivity contribution in [3.63, 3.8) is 0 Å². The van der Waals surface area contributed by atoms with Crippen LogP contribution in [-0.4, -0.2) is 44.1 Å². The predicted molar refractivity (Wildman–Crippen MR) is 134 cm³/mol. The van der Waals surface area contributed by atoms with E-state index in [1.807, 2.05) is 42.5 Å². The van der Waals surface area contributed by atoms with E-state index in [0.29, 0.717) is 22.9 Å². The molecule has 0 aliphatic carbocycles. The van der Waals surface area contributed by atoms with Gasteiger partial charge in [-0.1, -0.05) is 41.9 Å². The number of amides is 2. The zero-order valence-corrected chi connectivity index (χ0v) is 20.6. The van der Waals surface area contributed by atoms with Crippen molar-refractivity contribution in [3.05, 3.63) is 81.2 Å². The Bertz CT molecular complexity index is 1190. The van der Waals surface area contributed by atoms with Crippen LogP contribution in [0, 0.1) is 6.92 Å². The average molecular weight is 487 g/mol. The summed E-state index contributed by atoms with van der Waals surface area (Å²) in [5.74, 6) is -0.253. The molecule has 9 heteroatoms. The number of anilines is 1. The van der Waals surface area contributed by atoms with Crippen molar-refractivity contribution in [1.29, 1.82) is 0 Å². The topological polar surface area (TPSA) is 76.3 Å². The largest absolute Gasteiger partial charge is 0.341 e. The number of nitrogens with zero attached hydrogens (tertiary/aromatic N) is 3. The molecule has 174 valence electrons. The molecule has 1 atom stereocenters. The molecule has 0 saturated heterocycles. The lowest BCUT2D eigenvalue weighted by Gasteiger charge is -2.18. The van der Waals surface area contributed by atoms with Gasteiger partial charge in [0.05, 0.1) is 22.4 Å². The van der Waals surface area contributed by atoms with E-state index in [4.69, 9.17) is 11.6 Å². The number of halogens is 1. The van der Waals surface area contributed by atoms with E-state index in [2.05, 4.69) is 5.32 Å². The molecule has 2 aromatic carbocycles. The zero-order valence-electron chi connectivity index (χ0n) is 19.0. The first-order valence-corrected chi connectivity index (χ1v) is 11.9. The summed E-state index contributed by atoms with van der Waals surface area (Å²) in [6.07, 6.45) is 0. The highest BCUT2D eigenvalue weighted by Gasteiger charge is 2.22. The van der Waals surface area contributed by atoms with Crippen LogP contribution in [0.1, 0.15) is 18.2 Å². The Balaban J connectivity index is 1.60. The molecule has 0 bridgehead atoms. The third kappa shape index (κ3) is 5.89. The molecule has 0 radical (unpaired) electrons. The average Bonchev–Trinajstić information content (AvgIpc) is 3.02. The molecule has 1 aromatic heterocycles. The Morgan fingerprint density at radius 2 is 1.76 bits per heavy atom. The highest BCUT2D eigenvalue weighted by atomic mass is 35.5. The number of benzene rings is 2. The first kappa shape index (κ1) is 24.7. The second kappa shape index (κ2) is 10.8. The first-order chi connectivity index (χ1) is 15.7. The molecule has 33 heavy (non-hydrogen) atoms. The van der Waals surface area contributed by atoms with Gasteiger partial charge < -0.3 is 10.2 Å². The van der Waals surface area contributed by atoms with E-state index < -0.39 is 5.25 Å². The summed E-state index contributed by atoms with van der Waals surface area (Å²) in [6, 6.07) is 16.6. The quantitative estimate of drug-likeness (QED) is 0.524. The van der Waals surface area contributed by atoms with Gasteiger partial charge in [0.25, 0.3) is 5.56 Å². The van der Waals surface area contributed by atoms with Crippen LogP contribution in [0.15, 0.2) is 59.4 Å². The normalized spacial score (nSPS) is 11.8. The Morgan fingerprint density at radius 1 is 1.12 bits per heavy atom. The van der Waals surface area contributed by atoms with Crippen LogP contribution >= 0.6 is 23.4 Å². The van der Waals surface area contributed by atoms with Gasteiger partial charge >= 0.3 is 0 Å². The van der Waals surface area contributed by atoms with Gasteiger partial charge in [-0.25, -0.2) is 4.68 Å². The Labute approximate surface area is 202 Å². The first-order valence-electron chi connectivity index (χ1n) is 10.4. The molecule has 0 saturated carbocycles. The summed E-state index contributed by atoms with van der Waals surface area (Å²) in [4.78, 5) is 39.8. The van der Waals surface area contributed by atoms with Gasteiger partial charge in [-0.05, 0) is 43.7 Å². The maximum atomic E-state index is 13.0. The molecule has 1 heterocycles. The third-order valence-corrected chi connectivity index (χ3v) is 6.77. The van der Waals surface area contributed by atoms with Crippen molar-refractivity contribution in [3.8, 4) is 5.69 Å². The number of carbonyl (C=O) groups excluding carboxylic acids is 2. The minimum atomic E-state index is -0.512. The molecular formula is C24H27ClN4O3S. The Hall–Kier alpha value is -2.97. The summed E-state index contributed by atoms with van der Waals surface area (Å²) >= 11 is 7.13. The molecule has 1 unspecified atom stereocenters. The highest BCUT2D eigenvalue weighted by molar-refractivity contribution is 8.01. The second-order valence-corrected chi connectivity index (χ2v) is 9.52. The molecule has 0 aliphatic rings. The monoisotopic (exact) mass is 486 g/mol. The molecule has 2 amide bonds. The van der Waals surface area contributed by atoms with Crippen molar-refractivity contribution in [2.75, 3.05) is 18.1 Å². The van der Waals surface area contributed by atoms with Gasteiger partial charge in [0, 0.05) is 25.7 Å². The number of para-hydroxylation sites is 1. The molecule has 7 nitrogen and oxygen atoms in total. The number of nitrogens with one attached hydrogen (secondary N) is 1. The minimum absolute atomic E-state index is 0.0862. The van der Waals surface area contributed by atoms with E-state index in [-0.39, 0.29) is 28.8 Å². The van der Waals surface area contributed by atoms with Crippen molar-refractivity contribution in [2.45, 2.75) is 25.6 Å². The predicted octanol–water partition coefficient (Wildman–Crippen LogP) is 3.86. The summed E-state index contributed by atoms with van der Waals surface area (Å²) in [7, 11) is 3.49. The van der Waals surface area contributed by atoms with Crippen LogP contribution in [0.2, 0.25) is 5.02 Å². The maximum Gasteiger partial charge on any atom is 0.295 e. The number of carbonyl (C=O) groups is 2. The molecular weight excluding hydrogens is 460 g/mol. The van der Waals surface area contributed by atoms with E-state index >= 15 is 0 Å². The standard InChI is InChI=1S/C24H27ClN4O3S/c1-16-22(24(32)29(28(16)4)20-8-6-5-7-9-20)26-23(31)17(2)33-15-21(30)27(3)14-18-10-12-19(25)13-11-18/h5-13,17H,14-15H2,1-4H3,(H,26,31). The SMILES string of the molecule is Cc1c(NC(=O)C(C)SCC(=O)N(C)Cc2ccc(Cl)cc2)c(=O)n(-c2ccccc2)n1C. The van der Waals surface area contributed by atoms with E-state index in [9.17, 15) is 14.4 Å². The molecule has 0 spiro atoms. The number of thioether (sulfide) groups is 1. The van der Waals surface area contributed by atoms with Gasteiger partial charge in [-0.15, -0.1) is 11.8 Å². The number of rotatable bonds is 8. The lowest BCUT2D eigenvalue weighted by Crippen LogP contribution is -2.31. The van der Waals surface area contributed by atoms with Crippen molar-refractivity contribution >= 4 is 40.9 Å². The van der Waals surface area contributed by atoms with Gasteiger partial charge in [0.1, 0.15) is 5.69 Å². The van der Waals surface area contributed by atoms with Crippen LogP contribution in [0.3, 0.4) is 0 Å². The van der Waals surface area contributed by atoms with Crippen LogP contribution in [0.5, 0.6) is 0 Å². The van der Waals surface area contributed by atoms with Crippen molar-refractivity contribution < 1.29 is 9.59 Å². The summed E-state index contributed by atoms with van der Waals surface area (Å²) < 4.78 is 3.22. The second-order valence-electron chi connectivity index (χ2n) is 7.76. The van der Waals surface area contributed by atoms with E-state index in [0.717, 1.165) is 5.56 Å². The lowest BCUT2D eigenvalue weighted by atomic mass is 10.2. The lowest BCUT2D eigenvalue weighted by molar-refractivity contribution is -0.127. The molecule has 1 N–H and O–H groups in total. The Kier molecular flexibility index (Phi) is 8.05. The van der Waals surface area contributed by atoms with Crippen molar-refractivity contribution in [1.82, 2.24) is 14.3 Å². The van der Waals surface area contributed by atoms with Crippen LogP contribution in [-0.2, 0) is 23.2 Å². The summed E-state index contributed by atoms with van der Waals surface area (Å²) in [5, 5.41) is 2.89. The minimum Gasteiger partial charge on any atom is -0.341 e.